The van der Waals surface area contributed by atoms with Crippen LogP contribution in [0.3, 0.4) is 0 Å². The van der Waals surface area contributed by atoms with Crippen molar-refractivity contribution in [2.45, 2.75) is 6.54 Å². The lowest BCUT2D eigenvalue weighted by atomic mass is 10.0. The SMILES string of the molecule is Cl.NCC(=O)NCc1cccc(-c2ccccc2)c1. The first kappa shape index (κ1) is 15.2. The number of halogens is 1. The Morgan fingerprint density at radius 1 is 1.00 bits per heavy atom. The maximum absolute atomic E-state index is 11.1. The number of carbonyl (C=O) groups excluding carboxylic acids is 1. The second-order valence-corrected chi connectivity index (χ2v) is 4.05. The Morgan fingerprint density at radius 3 is 2.37 bits per heavy atom. The lowest BCUT2D eigenvalue weighted by molar-refractivity contribution is -0.119. The summed E-state index contributed by atoms with van der Waals surface area (Å²) in [6.45, 7) is 0.537. The van der Waals surface area contributed by atoms with Gasteiger partial charge in [0.1, 0.15) is 0 Å². The fraction of sp³-hybridized carbons (Fsp3) is 0.133. The molecule has 0 atom stereocenters. The normalized spacial score (nSPS) is 9.53. The predicted octanol–water partition coefficient (Wildman–Crippen LogP) is 2.35. The zero-order valence-electron chi connectivity index (χ0n) is 10.5. The Bertz CT molecular complexity index is 529. The standard InChI is InChI=1S/C15H16N2O.ClH/c16-10-15(18)17-11-12-5-4-8-14(9-12)13-6-2-1-3-7-13;/h1-9H,10-11,16H2,(H,17,18);1H. The summed E-state index contributed by atoms with van der Waals surface area (Å²) in [7, 11) is 0. The van der Waals surface area contributed by atoms with Gasteiger partial charge in [-0.3, -0.25) is 4.79 Å². The van der Waals surface area contributed by atoms with Crippen molar-refractivity contribution in [1.29, 1.82) is 0 Å². The predicted molar refractivity (Wildman–Crippen MR) is 80.0 cm³/mol. The van der Waals surface area contributed by atoms with Crippen LogP contribution in [-0.4, -0.2) is 12.5 Å². The second kappa shape index (κ2) is 7.56. The van der Waals surface area contributed by atoms with Crippen LogP contribution < -0.4 is 11.1 Å². The fourth-order valence-electron chi connectivity index (χ4n) is 1.76. The molecule has 2 rings (SSSR count). The smallest absolute Gasteiger partial charge is 0.234 e. The summed E-state index contributed by atoms with van der Waals surface area (Å²) in [4.78, 5) is 11.1. The Labute approximate surface area is 119 Å². The van der Waals surface area contributed by atoms with E-state index in [0.717, 1.165) is 11.1 Å². The first-order valence-electron chi connectivity index (χ1n) is 5.91. The van der Waals surface area contributed by atoms with Gasteiger partial charge in [0.2, 0.25) is 5.91 Å². The molecule has 0 saturated heterocycles. The van der Waals surface area contributed by atoms with Gasteiger partial charge in [-0.2, -0.15) is 0 Å². The van der Waals surface area contributed by atoms with E-state index in [2.05, 4.69) is 29.6 Å². The second-order valence-electron chi connectivity index (χ2n) is 4.05. The molecular weight excluding hydrogens is 260 g/mol. The van der Waals surface area contributed by atoms with Gasteiger partial charge in [-0.25, -0.2) is 0 Å². The molecule has 19 heavy (non-hydrogen) atoms. The van der Waals surface area contributed by atoms with Crippen LogP contribution in [0.5, 0.6) is 0 Å². The van der Waals surface area contributed by atoms with Crippen molar-refractivity contribution < 1.29 is 4.79 Å². The summed E-state index contributed by atoms with van der Waals surface area (Å²) < 4.78 is 0. The van der Waals surface area contributed by atoms with Crippen LogP contribution in [0.4, 0.5) is 0 Å². The number of rotatable bonds is 4. The molecule has 1 amide bonds. The first-order chi connectivity index (χ1) is 8.79. The van der Waals surface area contributed by atoms with Gasteiger partial charge >= 0.3 is 0 Å². The molecule has 0 heterocycles. The quantitative estimate of drug-likeness (QED) is 0.901. The van der Waals surface area contributed by atoms with E-state index in [1.54, 1.807) is 0 Å². The van der Waals surface area contributed by atoms with Crippen molar-refractivity contribution in [1.82, 2.24) is 5.32 Å². The van der Waals surface area contributed by atoms with Crippen molar-refractivity contribution in [2.75, 3.05) is 6.54 Å². The molecule has 2 aromatic carbocycles. The maximum atomic E-state index is 11.1. The summed E-state index contributed by atoms with van der Waals surface area (Å²) in [5.41, 5.74) is 8.63. The molecule has 0 fully saturated rings. The van der Waals surface area contributed by atoms with Crippen molar-refractivity contribution in [3.05, 3.63) is 60.2 Å². The van der Waals surface area contributed by atoms with Crippen molar-refractivity contribution >= 4 is 18.3 Å². The molecule has 0 saturated carbocycles. The number of carbonyl (C=O) groups is 1. The minimum absolute atomic E-state index is 0. The van der Waals surface area contributed by atoms with Crippen molar-refractivity contribution in [3.8, 4) is 11.1 Å². The zero-order chi connectivity index (χ0) is 12.8. The highest BCUT2D eigenvalue weighted by atomic mass is 35.5. The topological polar surface area (TPSA) is 55.1 Å². The van der Waals surface area contributed by atoms with Crippen molar-refractivity contribution in [3.63, 3.8) is 0 Å². The molecule has 0 spiro atoms. The summed E-state index contributed by atoms with van der Waals surface area (Å²) in [5.74, 6) is -0.139. The van der Waals surface area contributed by atoms with E-state index < -0.39 is 0 Å². The molecule has 4 heteroatoms. The van der Waals surface area contributed by atoms with Gasteiger partial charge in [0.15, 0.2) is 0 Å². The highest BCUT2D eigenvalue weighted by Gasteiger charge is 2.00. The minimum Gasteiger partial charge on any atom is -0.351 e. The van der Waals surface area contributed by atoms with Gasteiger partial charge in [0.25, 0.3) is 0 Å². The molecule has 2 aromatic rings. The first-order valence-corrected chi connectivity index (χ1v) is 5.91. The Morgan fingerprint density at radius 2 is 1.68 bits per heavy atom. The van der Waals surface area contributed by atoms with E-state index in [4.69, 9.17) is 5.73 Å². The highest BCUT2D eigenvalue weighted by Crippen LogP contribution is 2.19. The van der Waals surface area contributed by atoms with E-state index in [0.29, 0.717) is 6.54 Å². The molecule has 0 aromatic heterocycles. The molecule has 0 aliphatic carbocycles. The molecule has 0 bridgehead atoms. The van der Waals surface area contributed by atoms with Crippen LogP contribution in [0.25, 0.3) is 11.1 Å². The third kappa shape index (κ3) is 4.39. The monoisotopic (exact) mass is 276 g/mol. The summed E-state index contributed by atoms with van der Waals surface area (Å²) >= 11 is 0. The molecule has 0 aliphatic rings. The van der Waals surface area contributed by atoms with Crippen LogP contribution in [0.2, 0.25) is 0 Å². The van der Waals surface area contributed by atoms with Crippen LogP contribution in [0.15, 0.2) is 54.6 Å². The van der Waals surface area contributed by atoms with Crippen LogP contribution >= 0.6 is 12.4 Å². The van der Waals surface area contributed by atoms with Crippen LogP contribution in [-0.2, 0) is 11.3 Å². The number of nitrogens with one attached hydrogen (secondary N) is 1. The van der Waals surface area contributed by atoms with E-state index >= 15 is 0 Å². The Hall–Kier alpha value is -1.84. The average molecular weight is 277 g/mol. The van der Waals surface area contributed by atoms with Gasteiger partial charge in [0.05, 0.1) is 6.54 Å². The average Bonchev–Trinajstić information content (AvgIpc) is 2.46. The maximum Gasteiger partial charge on any atom is 0.234 e. The van der Waals surface area contributed by atoms with Gasteiger partial charge in [-0.05, 0) is 22.8 Å². The molecular formula is C15H17ClN2O. The highest BCUT2D eigenvalue weighted by molar-refractivity contribution is 5.85. The number of hydrogen-bond donors (Lipinski definition) is 2. The summed E-state index contributed by atoms with van der Waals surface area (Å²) in [6.07, 6.45) is 0. The number of nitrogens with two attached hydrogens (primary N) is 1. The Kier molecular flexibility index (Phi) is 6.06. The molecule has 0 radical (unpaired) electrons. The van der Waals surface area contributed by atoms with E-state index in [9.17, 15) is 4.79 Å². The van der Waals surface area contributed by atoms with E-state index in [1.807, 2.05) is 30.3 Å². The van der Waals surface area contributed by atoms with Gasteiger partial charge in [-0.1, -0.05) is 48.5 Å². The third-order valence-electron chi connectivity index (χ3n) is 2.71. The number of amides is 1. The van der Waals surface area contributed by atoms with Crippen molar-refractivity contribution in [2.24, 2.45) is 5.73 Å². The van der Waals surface area contributed by atoms with Gasteiger partial charge < -0.3 is 11.1 Å². The number of hydrogen-bond acceptors (Lipinski definition) is 2. The zero-order valence-corrected chi connectivity index (χ0v) is 11.3. The molecule has 0 aliphatic heterocycles. The molecule has 3 nitrogen and oxygen atoms in total. The van der Waals surface area contributed by atoms with Crippen LogP contribution in [0.1, 0.15) is 5.56 Å². The lowest BCUT2D eigenvalue weighted by Gasteiger charge is -2.06. The minimum atomic E-state index is -0.139. The molecule has 3 N–H and O–H groups in total. The largest absolute Gasteiger partial charge is 0.351 e. The third-order valence-corrected chi connectivity index (χ3v) is 2.71. The summed E-state index contributed by atoms with van der Waals surface area (Å²) in [6, 6.07) is 18.3. The van der Waals surface area contributed by atoms with E-state index in [1.165, 1.54) is 5.56 Å². The molecule has 100 valence electrons. The Balaban J connectivity index is 0.00000180. The van der Waals surface area contributed by atoms with Crippen LogP contribution in [0, 0.1) is 0 Å². The van der Waals surface area contributed by atoms with Gasteiger partial charge in [0, 0.05) is 6.54 Å². The van der Waals surface area contributed by atoms with Gasteiger partial charge in [-0.15, -0.1) is 12.4 Å². The fourth-order valence-corrected chi connectivity index (χ4v) is 1.76. The lowest BCUT2D eigenvalue weighted by Crippen LogP contribution is -2.29. The van der Waals surface area contributed by atoms with E-state index in [-0.39, 0.29) is 24.9 Å². The summed E-state index contributed by atoms with van der Waals surface area (Å²) in [5, 5.41) is 2.76. The number of benzene rings is 2. The molecule has 0 unspecified atom stereocenters.